The van der Waals surface area contributed by atoms with Gasteiger partial charge in [0.05, 0.1) is 0 Å². The van der Waals surface area contributed by atoms with Crippen LogP contribution in [-0.2, 0) is 0 Å². The van der Waals surface area contributed by atoms with Gasteiger partial charge in [0, 0.05) is 45.1 Å². The second-order valence-electron chi connectivity index (χ2n) is 5.42. The Morgan fingerprint density at radius 2 is 2.20 bits per heavy atom. The second kappa shape index (κ2) is 6.70. The zero-order valence-corrected chi connectivity index (χ0v) is 12.6. The molecule has 0 spiro atoms. The number of rotatable bonds is 7. The largest absolute Gasteiger partial charge is 0.384 e. The number of anilines is 1. The predicted octanol–water partition coefficient (Wildman–Crippen LogP) is 1.68. The molecule has 0 unspecified atom stereocenters. The van der Waals surface area contributed by atoms with Crippen molar-refractivity contribution >= 4 is 11.6 Å². The minimum atomic E-state index is -0.0678. The number of nitrogens with zero attached hydrogens (tertiary/aromatic N) is 3. The van der Waals surface area contributed by atoms with Crippen LogP contribution in [0.1, 0.15) is 30.3 Å². The number of carbonyl (C=O) groups excluding carboxylic acids is 1. The van der Waals surface area contributed by atoms with E-state index in [9.17, 15) is 4.79 Å². The molecule has 2 rings (SSSR count). The van der Waals surface area contributed by atoms with Gasteiger partial charge in [0.2, 0.25) is 0 Å². The number of carbonyl (C=O) groups is 1. The molecule has 1 aliphatic rings. The van der Waals surface area contributed by atoms with E-state index in [0.717, 1.165) is 31.4 Å². The van der Waals surface area contributed by atoms with Gasteiger partial charge in [-0.15, -0.1) is 0 Å². The van der Waals surface area contributed by atoms with Crippen molar-refractivity contribution in [3.8, 4) is 0 Å². The van der Waals surface area contributed by atoms with Crippen molar-refractivity contribution in [1.82, 2.24) is 14.8 Å². The van der Waals surface area contributed by atoms with Crippen molar-refractivity contribution in [2.24, 2.45) is 0 Å². The van der Waals surface area contributed by atoms with Gasteiger partial charge in [-0.1, -0.05) is 6.92 Å². The summed E-state index contributed by atoms with van der Waals surface area (Å²) in [5.74, 6) is -0.0678. The first-order chi connectivity index (χ1) is 9.61. The van der Waals surface area contributed by atoms with Gasteiger partial charge in [0.25, 0.3) is 5.91 Å². The molecule has 110 valence electrons. The van der Waals surface area contributed by atoms with E-state index in [-0.39, 0.29) is 5.91 Å². The molecule has 1 saturated carbocycles. The van der Waals surface area contributed by atoms with E-state index < -0.39 is 0 Å². The molecule has 1 aliphatic carbocycles. The summed E-state index contributed by atoms with van der Waals surface area (Å²) < 4.78 is 0. The van der Waals surface area contributed by atoms with Crippen molar-refractivity contribution in [2.45, 2.75) is 25.8 Å². The molecule has 5 nitrogen and oxygen atoms in total. The molecule has 1 N–H and O–H groups in total. The molecular formula is C15H24N4O. The van der Waals surface area contributed by atoms with E-state index in [4.69, 9.17) is 0 Å². The maximum absolute atomic E-state index is 11.9. The summed E-state index contributed by atoms with van der Waals surface area (Å²) in [5.41, 5.74) is 1.44. The summed E-state index contributed by atoms with van der Waals surface area (Å²) in [7, 11) is 3.47. The quantitative estimate of drug-likeness (QED) is 0.823. The molecule has 0 bridgehead atoms. The molecule has 5 heteroatoms. The zero-order chi connectivity index (χ0) is 14.5. The Morgan fingerprint density at radius 3 is 2.80 bits per heavy atom. The number of likely N-dealkylation sites (N-methyl/N-ethyl adjacent to an activating group) is 1. The molecule has 1 aromatic rings. The average Bonchev–Trinajstić information content (AvgIpc) is 3.27. The fourth-order valence-corrected chi connectivity index (χ4v) is 2.27. The van der Waals surface area contributed by atoms with Crippen LogP contribution < -0.4 is 5.32 Å². The third-order valence-electron chi connectivity index (χ3n) is 3.58. The number of hydrogen-bond donors (Lipinski definition) is 1. The SMILES string of the molecule is CCN(CCNc1ccnc(C(=O)N(C)C)c1)C1CC1. The number of aromatic nitrogens is 1. The van der Waals surface area contributed by atoms with Gasteiger partial charge >= 0.3 is 0 Å². The minimum absolute atomic E-state index is 0.0678. The molecule has 0 radical (unpaired) electrons. The summed E-state index contributed by atoms with van der Waals surface area (Å²) >= 11 is 0. The van der Waals surface area contributed by atoms with Gasteiger partial charge in [-0.3, -0.25) is 14.7 Å². The lowest BCUT2D eigenvalue weighted by molar-refractivity contribution is 0.0822. The van der Waals surface area contributed by atoms with Crippen molar-refractivity contribution < 1.29 is 4.79 Å². The van der Waals surface area contributed by atoms with Crippen LogP contribution in [0.2, 0.25) is 0 Å². The second-order valence-corrected chi connectivity index (χ2v) is 5.42. The minimum Gasteiger partial charge on any atom is -0.384 e. The van der Waals surface area contributed by atoms with Gasteiger partial charge in [-0.2, -0.15) is 0 Å². The highest BCUT2D eigenvalue weighted by molar-refractivity contribution is 5.92. The van der Waals surface area contributed by atoms with Gasteiger partial charge in [0.1, 0.15) is 5.69 Å². The molecule has 0 atom stereocenters. The molecular weight excluding hydrogens is 252 g/mol. The van der Waals surface area contributed by atoms with Crippen LogP contribution in [0.3, 0.4) is 0 Å². The Labute approximate surface area is 121 Å². The van der Waals surface area contributed by atoms with Gasteiger partial charge in [-0.25, -0.2) is 0 Å². The van der Waals surface area contributed by atoms with E-state index in [0.29, 0.717) is 5.69 Å². The van der Waals surface area contributed by atoms with E-state index in [1.165, 1.54) is 17.7 Å². The van der Waals surface area contributed by atoms with Crippen LogP contribution in [0.15, 0.2) is 18.3 Å². The third kappa shape index (κ3) is 3.93. The zero-order valence-electron chi connectivity index (χ0n) is 12.6. The summed E-state index contributed by atoms with van der Waals surface area (Å²) in [5, 5.41) is 3.37. The fourth-order valence-electron chi connectivity index (χ4n) is 2.27. The van der Waals surface area contributed by atoms with Crippen molar-refractivity contribution in [3.05, 3.63) is 24.0 Å². The van der Waals surface area contributed by atoms with E-state index in [1.54, 1.807) is 20.3 Å². The van der Waals surface area contributed by atoms with Crippen LogP contribution in [0, 0.1) is 0 Å². The lowest BCUT2D eigenvalue weighted by atomic mass is 10.3. The Balaban J connectivity index is 1.86. The topological polar surface area (TPSA) is 48.5 Å². The van der Waals surface area contributed by atoms with Crippen LogP contribution in [0.4, 0.5) is 5.69 Å². The normalized spacial score (nSPS) is 14.4. The van der Waals surface area contributed by atoms with Gasteiger partial charge in [0.15, 0.2) is 0 Å². The molecule has 1 amide bonds. The highest BCUT2D eigenvalue weighted by Gasteiger charge is 2.27. The Bertz CT molecular complexity index is 457. The van der Waals surface area contributed by atoms with Crippen molar-refractivity contribution in [1.29, 1.82) is 0 Å². The molecule has 0 aromatic carbocycles. The van der Waals surface area contributed by atoms with E-state index in [1.807, 2.05) is 12.1 Å². The maximum atomic E-state index is 11.9. The number of nitrogens with one attached hydrogen (secondary N) is 1. The number of pyridine rings is 1. The summed E-state index contributed by atoms with van der Waals surface area (Å²) in [6.07, 6.45) is 4.35. The van der Waals surface area contributed by atoms with Crippen LogP contribution in [0.5, 0.6) is 0 Å². The number of hydrogen-bond acceptors (Lipinski definition) is 4. The van der Waals surface area contributed by atoms with E-state index >= 15 is 0 Å². The highest BCUT2D eigenvalue weighted by Crippen LogP contribution is 2.26. The molecule has 1 aromatic heterocycles. The number of amides is 1. The van der Waals surface area contributed by atoms with Gasteiger partial charge in [-0.05, 0) is 31.5 Å². The smallest absolute Gasteiger partial charge is 0.272 e. The first kappa shape index (κ1) is 14.8. The van der Waals surface area contributed by atoms with Crippen LogP contribution >= 0.6 is 0 Å². The third-order valence-corrected chi connectivity index (χ3v) is 3.58. The summed E-state index contributed by atoms with van der Waals surface area (Å²) in [6.45, 7) is 5.25. The fraction of sp³-hybridized carbons (Fsp3) is 0.600. The molecule has 0 aliphatic heterocycles. The van der Waals surface area contributed by atoms with Gasteiger partial charge < -0.3 is 10.2 Å². The molecule has 1 fully saturated rings. The molecule has 20 heavy (non-hydrogen) atoms. The first-order valence-electron chi connectivity index (χ1n) is 7.27. The maximum Gasteiger partial charge on any atom is 0.272 e. The van der Waals surface area contributed by atoms with E-state index in [2.05, 4.69) is 22.1 Å². The standard InChI is InChI=1S/C15H24N4O/c1-4-19(13-5-6-13)10-9-16-12-7-8-17-14(11-12)15(20)18(2)3/h7-8,11,13H,4-6,9-10H2,1-3H3,(H,16,17). The molecule has 1 heterocycles. The van der Waals surface area contributed by atoms with Crippen molar-refractivity contribution in [2.75, 3.05) is 39.0 Å². The van der Waals surface area contributed by atoms with Crippen LogP contribution in [-0.4, -0.2) is 60.5 Å². The Kier molecular flexibility index (Phi) is 4.95. The Morgan fingerprint density at radius 1 is 1.45 bits per heavy atom. The predicted molar refractivity (Wildman–Crippen MR) is 81.0 cm³/mol. The lowest BCUT2D eigenvalue weighted by Crippen LogP contribution is -2.31. The van der Waals surface area contributed by atoms with Crippen LogP contribution in [0.25, 0.3) is 0 Å². The highest BCUT2D eigenvalue weighted by atomic mass is 16.2. The first-order valence-corrected chi connectivity index (χ1v) is 7.27. The summed E-state index contributed by atoms with van der Waals surface area (Å²) in [4.78, 5) is 20.0. The lowest BCUT2D eigenvalue weighted by Gasteiger charge is -2.20. The monoisotopic (exact) mass is 276 g/mol. The Hall–Kier alpha value is -1.62. The van der Waals surface area contributed by atoms with Crippen molar-refractivity contribution in [3.63, 3.8) is 0 Å². The average molecular weight is 276 g/mol. The molecule has 0 saturated heterocycles. The summed E-state index contributed by atoms with van der Waals surface area (Å²) in [6, 6.07) is 4.51.